The van der Waals surface area contributed by atoms with Crippen molar-refractivity contribution in [3.8, 4) is 0 Å². The molecule has 0 radical (unpaired) electrons. The average Bonchev–Trinajstić information content (AvgIpc) is 2.62. The zero-order chi connectivity index (χ0) is 26.8. The molecule has 0 saturated carbocycles. The van der Waals surface area contributed by atoms with Crippen LogP contribution in [-0.2, 0) is 10.1 Å². The Bertz CT molecular complexity index is 698. The first kappa shape index (κ1) is 33.2. The van der Waals surface area contributed by atoms with Gasteiger partial charge in [0.05, 0.1) is 26.2 Å². The largest absolute Gasteiger partial charge is 0.743 e. The van der Waals surface area contributed by atoms with Crippen molar-refractivity contribution in [2.75, 3.05) is 26.2 Å². The predicted octanol–water partition coefficient (Wildman–Crippen LogP) is 5.20. The summed E-state index contributed by atoms with van der Waals surface area (Å²) in [6.07, 6.45) is 0. The fraction of sp³-hybridized carbons (Fsp3) is 1.00. The van der Waals surface area contributed by atoms with Gasteiger partial charge in [-0.25, -0.2) is 8.42 Å². The summed E-state index contributed by atoms with van der Waals surface area (Å²) in [5.41, 5.74) is 0. The zero-order valence-corrected chi connectivity index (χ0v) is 18.3. The van der Waals surface area contributed by atoms with E-state index in [9.17, 15) is 65.7 Å². The molecule has 0 N–H and O–H groups in total. The van der Waals surface area contributed by atoms with E-state index < -0.39 is 51.9 Å². The Morgan fingerprint density at radius 2 is 0.844 bits per heavy atom. The molecule has 0 saturated heterocycles. The molecule has 0 fully saturated rings. The van der Waals surface area contributed by atoms with Gasteiger partial charge in [0.2, 0.25) is 0 Å². The van der Waals surface area contributed by atoms with Crippen molar-refractivity contribution in [3.05, 3.63) is 0 Å². The van der Waals surface area contributed by atoms with Crippen LogP contribution in [0.1, 0.15) is 34.6 Å². The third kappa shape index (κ3) is 5.39. The maximum atomic E-state index is 12.8. The molecule has 0 heterocycles. The standard InChI is InChI=1S/C8H20N.C7H4F12O3S/c1-5-9(6-2,7-3)8-4;1-2(8,9)3(10,11)4(12,13)5(14,15)6(16,17)7(18,19)23(20,21)22/h5-8H2,1-4H3;1H3,(H,20,21,22)/q+1;/p-1. The molecule has 0 aliphatic heterocycles. The van der Waals surface area contributed by atoms with Gasteiger partial charge in [0.25, 0.3) is 0 Å². The molecule has 0 aromatic rings. The molecule has 0 spiro atoms. The Balaban J connectivity index is 0. The number of hydrogen-bond donors (Lipinski definition) is 0. The van der Waals surface area contributed by atoms with Crippen molar-refractivity contribution in [1.82, 2.24) is 0 Å². The van der Waals surface area contributed by atoms with Crippen LogP contribution in [0.2, 0.25) is 0 Å². The monoisotopic (exact) mass is 525 g/mol. The van der Waals surface area contributed by atoms with Crippen molar-refractivity contribution in [2.45, 2.75) is 69.5 Å². The molecular formula is C15H23F12NO3S. The van der Waals surface area contributed by atoms with Crippen LogP contribution in [0.3, 0.4) is 0 Å². The maximum Gasteiger partial charge on any atom is 0.402 e. The van der Waals surface area contributed by atoms with Crippen LogP contribution >= 0.6 is 0 Å². The Morgan fingerprint density at radius 3 is 1.00 bits per heavy atom. The minimum absolute atomic E-state index is 1.11. The van der Waals surface area contributed by atoms with Crippen LogP contribution in [0.4, 0.5) is 52.7 Å². The highest BCUT2D eigenvalue weighted by molar-refractivity contribution is 7.86. The van der Waals surface area contributed by atoms with Crippen LogP contribution in [0.5, 0.6) is 0 Å². The summed E-state index contributed by atoms with van der Waals surface area (Å²) in [6, 6.07) is 0. The Morgan fingerprint density at radius 1 is 0.594 bits per heavy atom. The van der Waals surface area contributed by atoms with Crippen LogP contribution in [0.15, 0.2) is 0 Å². The Hall–Kier alpha value is -0.970. The highest BCUT2D eigenvalue weighted by Gasteiger charge is 2.90. The van der Waals surface area contributed by atoms with Crippen LogP contribution in [-0.4, -0.2) is 78.5 Å². The van der Waals surface area contributed by atoms with E-state index in [1.807, 2.05) is 0 Å². The van der Waals surface area contributed by atoms with E-state index >= 15 is 0 Å². The average molecular weight is 525 g/mol. The summed E-state index contributed by atoms with van der Waals surface area (Å²) in [4.78, 5) is 0. The van der Waals surface area contributed by atoms with Gasteiger partial charge < -0.3 is 9.04 Å². The Labute approximate surface area is 176 Å². The molecule has 0 aromatic carbocycles. The molecule has 0 aliphatic carbocycles. The summed E-state index contributed by atoms with van der Waals surface area (Å²) < 4.78 is 182. The molecule has 0 rings (SSSR count). The normalized spacial score (nSPS) is 15.3. The van der Waals surface area contributed by atoms with E-state index in [1.54, 1.807) is 0 Å². The highest BCUT2D eigenvalue weighted by Crippen LogP contribution is 2.60. The molecular weight excluding hydrogens is 502 g/mol. The summed E-state index contributed by atoms with van der Waals surface area (Å²) >= 11 is 0. The molecule has 32 heavy (non-hydrogen) atoms. The molecule has 0 aromatic heterocycles. The smallest absolute Gasteiger partial charge is 0.402 e. The lowest BCUT2D eigenvalue weighted by molar-refractivity contribution is -0.921. The van der Waals surface area contributed by atoms with Crippen molar-refractivity contribution in [3.63, 3.8) is 0 Å². The SMILES string of the molecule is CC(F)(F)C(F)(F)C(F)(F)C(F)(F)C(F)(F)C(F)(F)S(=O)(=O)[O-].CC[N+](CC)(CC)CC. The molecule has 17 heteroatoms. The first-order valence-electron chi connectivity index (χ1n) is 8.82. The quantitative estimate of drug-likeness (QED) is 0.224. The summed E-state index contributed by atoms with van der Waals surface area (Å²) in [5, 5.41) is -7.51. The van der Waals surface area contributed by atoms with Crippen molar-refractivity contribution >= 4 is 10.1 Å². The van der Waals surface area contributed by atoms with Crippen molar-refractivity contribution in [2.24, 2.45) is 0 Å². The van der Waals surface area contributed by atoms with E-state index in [0.29, 0.717) is 0 Å². The molecule has 0 atom stereocenters. The van der Waals surface area contributed by atoms with Crippen LogP contribution in [0.25, 0.3) is 0 Å². The molecule has 0 bridgehead atoms. The number of hydrogen-bond acceptors (Lipinski definition) is 3. The molecule has 196 valence electrons. The minimum atomic E-state index is -8.05. The lowest BCUT2D eigenvalue weighted by Crippen LogP contribution is -2.71. The lowest BCUT2D eigenvalue weighted by Gasteiger charge is -2.40. The van der Waals surface area contributed by atoms with Gasteiger partial charge in [0.15, 0.2) is 10.1 Å². The lowest BCUT2D eigenvalue weighted by atomic mass is 9.95. The van der Waals surface area contributed by atoms with E-state index in [2.05, 4.69) is 27.7 Å². The Kier molecular flexibility index (Phi) is 10.1. The van der Waals surface area contributed by atoms with Gasteiger partial charge in [0.1, 0.15) is 0 Å². The number of nitrogens with zero attached hydrogens (tertiary/aromatic N) is 1. The van der Waals surface area contributed by atoms with Crippen LogP contribution in [0, 0.1) is 0 Å². The van der Waals surface area contributed by atoms with Gasteiger partial charge in [-0.05, 0) is 27.7 Å². The van der Waals surface area contributed by atoms with Gasteiger partial charge in [0, 0.05) is 6.92 Å². The number of rotatable bonds is 10. The minimum Gasteiger partial charge on any atom is -0.743 e. The number of quaternary nitrogens is 1. The third-order valence-electron chi connectivity index (χ3n) is 5.10. The third-order valence-corrected chi connectivity index (χ3v) is 5.98. The number of halogens is 12. The van der Waals surface area contributed by atoms with Gasteiger partial charge in [-0.2, -0.15) is 52.7 Å². The van der Waals surface area contributed by atoms with Gasteiger partial charge in [-0.1, -0.05) is 0 Å². The topological polar surface area (TPSA) is 57.2 Å². The van der Waals surface area contributed by atoms with Gasteiger partial charge in [-0.15, -0.1) is 0 Å². The first-order chi connectivity index (χ1) is 13.7. The maximum absolute atomic E-state index is 12.8. The second kappa shape index (κ2) is 9.72. The van der Waals surface area contributed by atoms with E-state index in [4.69, 9.17) is 0 Å². The van der Waals surface area contributed by atoms with E-state index in [-0.39, 0.29) is 0 Å². The van der Waals surface area contributed by atoms with Gasteiger partial charge >= 0.3 is 34.9 Å². The predicted molar refractivity (Wildman–Crippen MR) is 87.5 cm³/mol. The summed E-state index contributed by atoms with van der Waals surface area (Å²) in [7, 11) is -7.76. The van der Waals surface area contributed by atoms with E-state index in [1.165, 1.54) is 30.7 Å². The second-order valence-corrected chi connectivity index (χ2v) is 8.18. The zero-order valence-electron chi connectivity index (χ0n) is 17.4. The second-order valence-electron chi connectivity index (χ2n) is 6.76. The molecule has 0 amide bonds. The van der Waals surface area contributed by atoms with Crippen LogP contribution < -0.4 is 0 Å². The van der Waals surface area contributed by atoms with Crippen molar-refractivity contribution in [1.29, 1.82) is 0 Å². The van der Waals surface area contributed by atoms with Crippen molar-refractivity contribution < 1.29 is 70.1 Å². The summed E-state index contributed by atoms with van der Waals surface area (Å²) in [6.45, 7) is 13.1. The number of alkyl halides is 12. The fourth-order valence-corrected chi connectivity index (χ4v) is 2.79. The van der Waals surface area contributed by atoms with Gasteiger partial charge in [-0.3, -0.25) is 0 Å². The van der Waals surface area contributed by atoms with E-state index in [0.717, 1.165) is 0 Å². The molecule has 4 nitrogen and oxygen atoms in total. The highest BCUT2D eigenvalue weighted by atomic mass is 32.2. The fourth-order valence-electron chi connectivity index (χ4n) is 2.35. The summed E-state index contributed by atoms with van der Waals surface area (Å²) in [5.74, 6) is -37.3. The molecule has 0 unspecified atom stereocenters. The molecule has 0 aliphatic rings. The first-order valence-corrected chi connectivity index (χ1v) is 10.2.